The van der Waals surface area contributed by atoms with Crippen LogP contribution in [0.5, 0.6) is 0 Å². The molecule has 3 heterocycles. The molecule has 1 aliphatic heterocycles. The van der Waals surface area contributed by atoms with Crippen molar-refractivity contribution in [3.63, 3.8) is 0 Å². The highest BCUT2D eigenvalue weighted by molar-refractivity contribution is 7.99. The first-order chi connectivity index (χ1) is 15.2. The van der Waals surface area contributed by atoms with E-state index in [9.17, 15) is 9.59 Å². The van der Waals surface area contributed by atoms with Crippen LogP contribution in [-0.4, -0.2) is 39.2 Å². The first-order valence-electron chi connectivity index (χ1n) is 10.3. The quantitative estimate of drug-likeness (QED) is 0.314. The third-order valence-electron chi connectivity index (χ3n) is 5.37. The molecule has 31 heavy (non-hydrogen) atoms. The molecule has 0 radical (unpaired) electrons. The van der Waals surface area contributed by atoms with Gasteiger partial charge in [-0.05, 0) is 30.2 Å². The normalized spacial score (nSPS) is 13.9. The summed E-state index contributed by atoms with van der Waals surface area (Å²) >= 11 is 3.07. The number of benzene rings is 2. The molecule has 5 nitrogen and oxygen atoms in total. The van der Waals surface area contributed by atoms with Gasteiger partial charge in [-0.3, -0.25) is 14.2 Å². The van der Waals surface area contributed by atoms with Gasteiger partial charge in [0, 0.05) is 30.1 Å². The van der Waals surface area contributed by atoms with Crippen LogP contribution < -0.4 is 5.56 Å². The van der Waals surface area contributed by atoms with Crippen LogP contribution in [0.1, 0.15) is 12.8 Å². The van der Waals surface area contributed by atoms with E-state index in [0.29, 0.717) is 29.3 Å². The summed E-state index contributed by atoms with van der Waals surface area (Å²) in [5.41, 5.74) is 1.82. The predicted octanol–water partition coefficient (Wildman–Crippen LogP) is 4.83. The van der Waals surface area contributed by atoms with Gasteiger partial charge in [0.25, 0.3) is 5.56 Å². The van der Waals surface area contributed by atoms with Crippen LogP contribution in [0.4, 0.5) is 0 Å². The Bertz CT molecular complexity index is 1280. The molecule has 1 aliphatic rings. The van der Waals surface area contributed by atoms with Gasteiger partial charge < -0.3 is 4.90 Å². The zero-order valence-electron chi connectivity index (χ0n) is 16.9. The zero-order valence-corrected chi connectivity index (χ0v) is 18.5. The molecule has 5 rings (SSSR count). The number of carbonyl (C=O) groups is 1. The fourth-order valence-corrected chi connectivity index (χ4v) is 5.85. The molecule has 0 N–H and O–H groups in total. The van der Waals surface area contributed by atoms with E-state index < -0.39 is 0 Å². The zero-order chi connectivity index (χ0) is 21.2. The van der Waals surface area contributed by atoms with Gasteiger partial charge in [0.15, 0.2) is 5.16 Å². The number of para-hydroxylation sites is 1. The molecule has 0 atom stereocenters. The van der Waals surface area contributed by atoms with Gasteiger partial charge in [-0.1, -0.05) is 60.3 Å². The van der Waals surface area contributed by atoms with Crippen molar-refractivity contribution in [2.75, 3.05) is 18.8 Å². The Morgan fingerprint density at radius 2 is 1.74 bits per heavy atom. The molecule has 0 unspecified atom stereocenters. The van der Waals surface area contributed by atoms with E-state index in [4.69, 9.17) is 4.98 Å². The number of thiophene rings is 1. The number of hydrogen-bond acceptors (Lipinski definition) is 5. The summed E-state index contributed by atoms with van der Waals surface area (Å²) in [4.78, 5) is 34.0. The van der Waals surface area contributed by atoms with Gasteiger partial charge in [-0.15, -0.1) is 11.3 Å². The van der Waals surface area contributed by atoms with E-state index in [1.807, 2.05) is 71.6 Å². The molecule has 1 saturated heterocycles. The average molecular weight is 448 g/mol. The van der Waals surface area contributed by atoms with Crippen molar-refractivity contribution in [1.82, 2.24) is 14.5 Å². The Hall–Kier alpha value is -2.90. The number of thioether (sulfide) groups is 1. The SMILES string of the molecule is O=C1CCCN1CCSc1nc2sc(-c3ccccc3)cc2c(=O)n1-c1ccccc1. The fourth-order valence-electron chi connectivity index (χ4n) is 3.80. The van der Waals surface area contributed by atoms with Gasteiger partial charge in [0.05, 0.1) is 11.1 Å². The van der Waals surface area contributed by atoms with E-state index in [1.54, 1.807) is 4.57 Å². The minimum absolute atomic E-state index is 0.0608. The highest BCUT2D eigenvalue weighted by Crippen LogP contribution is 2.32. The number of likely N-dealkylation sites (tertiary alicyclic amines) is 1. The van der Waals surface area contributed by atoms with E-state index in [-0.39, 0.29) is 11.5 Å². The Kier molecular flexibility index (Phi) is 5.61. The van der Waals surface area contributed by atoms with Gasteiger partial charge in [0.2, 0.25) is 5.91 Å². The number of fused-ring (bicyclic) bond motifs is 1. The molecular formula is C24H21N3O2S2. The maximum Gasteiger partial charge on any atom is 0.267 e. The minimum Gasteiger partial charge on any atom is -0.342 e. The van der Waals surface area contributed by atoms with Crippen LogP contribution in [0.3, 0.4) is 0 Å². The number of amides is 1. The fraction of sp³-hybridized carbons (Fsp3) is 0.208. The lowest BCUT2D eigenvalue weighted by atomic mass is 10.2. The van der Waals surface area contributed by atoms with Crippen molar-refractivity contribution in [2.24, 2.45) is 0 Å². The van der Waals surface area contributed by atoms with Crippen molar-refractivity contribution < 1.29 is 4.79 Å². The summed E-state index contributed by atoms with van der Waals surface area (Å²) in [6.45, 7) is 1.49. The molecule has 0 aliphatic carbocycles. The van der Waals surface area contributed by atoms with Crippen molar-refractivity contribution in [1.29, 1.82) is 0 Å². The van der Waals surface area contributed by atoms with Crippen molar-refractivity contribution >= 4 is 39.2 Å². The number of carbonyl (C=O) groups excluding carboxylic acids is 1. The highest BCUT2D eigenvalue weighted by Gasteiger charge is 2.21. The topological polar surface area (TPSA) is 55.2 Å². The third-order valence-corrected chi connectivity index (χ3v) is 7.37. The third kappa shape index (κ3) is 4.03. The summed E-state index contributed by atoms with van der Waals surface area (Å²) in [6, 6.07) is 21.6. The van der Waals surface area contributed by atoms with E-state index >= 15 is 0 Å². The maximum atomic E-state index is 13.5. The van der Waals surface area contributed by atoms with E-state index in [2.05, 4.69) is 0 Å². The summed E-state index contributed by atoms with van der Waals surface area (Å²) in [6.07, 6.45) is 1.57. The molecule has 1 amide bonds. The molecule has 7 heteroatoms. The summed E-state index contributed by atoms with van der Waals surface area (Å²) < 4.78 is 1.69. The lowest BCUT2D eigenvalue weighted by Gasteiger charge is -2.16. The monoisotopic (exact) mass is 447 g/mol. The van der Waals surface area contributed by atoms with Gasteiger partial charge in [-0.25, -0.2) is 4.98 Å². The molecule has 0 spiro atoms. The standard InChI is InChI=1S/C24H21N3O2S2/c28-21-12-7-13-26(21)14-15-30-24-25-22-19(16-20(31-22)17-8-3-1-4-9-17)23(29)27(24)18-10-5-2-6-11-18/h1-6,8-11,16H,7,12-15H2. The number of hydrogen-bond donors (Lipinski definition) is 0. The molecule has 1 fully saturated rings. The molecular weight excluding hydrogens is 426 g/mol. The second kappa shape index (κ2) is 8.69. The van der Waals surface area contributed by atoms with Crippen LogP contribution >= 0.6 is 23.1 Å². The minimum atomic E-state index is -0.0608. The second-order valence-corrected chi connectivity index (χ2v) is 9.49. The number of aromatic nitrogens is 2. The molecule has 2 aromatic carbocycles. The number of nitrogens with zero attached hydrogens (tertiary/aromatic N) is 3. The van der Waals surface area contributed by atoms with Crippen LogP contribution in [0.2, 0.25) is 0 Å². The molecule has 0 saturated carbocycles. The van der Waals surface area contributed by atoms with E-state index in [0.717, 1.165) is 33.9 Å². The summed E-state index contributed by atoms with van der Waals surface area (Å²) in [7, 11) is 0. The smallest absolute Gasteiger partial charge is 0.267 e. The van der Waals surface area contributed by atoms with Crippen molar-refractivity contribution in [3.05, 3.63) is 77.1 Å². The van der Waals surface area contributed by atoms with E-state index in [1.165, 1.54) is 23.1 Å². The molecule has 0 bridgehead atoms. The Morgan fingerprint density at radius 3 is 2.45 bits per heavy atom. The highest BCUT2D eigenvalue weighted by atomic mass is 32.2. The largest absolute Gasteiger partial charge is 0.342 e. The summed E-state index contributed by atoms with van der Waals surface area (Å²) in [5.74, 6) is 0.920. The van der Waals surface area contributed by atoms with Crippen molar-refractivity contribution in [2.45, 2.75) is 18.0 Å². The molecule has 2 aromatic heterocycles. The lowest BCUT2D eigenvalue weighted by Crippen LogP contribution is -2.27. The van der Waals surface area contributed by atoms with Gasteiger partial charge in [-0.2, -0.15) is 0 Å². The Labute approximate surface area is 188 Å². The maximum absolute atomic E-state index is 13.5. The average Bonchev–Trinajstić information content (AvgIpc) is 3.42. The number of rotatable bonds is 6. The Morgan fingerprint density at radius 1 is 1.00 bits per heavy atom. The first kappa shape index (κ1) is 20.0. The van der Waals surface area contributed by atoms with Crippen LogP contribution in [0.25, 0.3) is 26.3 Å². The van der Waals surface area contributed by atoms with Gasteiger partial charge in [0.1, 0.15) is 4.83 Å². The lowest BCUT2D eigenvalue weighted by molar-refractivity contribution is -0.127. The first-order valence-corrected chi connectivity index (χ1v) is 12.1. The molecule has 156 valence electrons. The Balaban J connectivity index is 1.55. The van der Waals surface area contributed by atoms with Crippen LogP contribution in [-0.2, 0) is 4.79 Å². The van der Waals surface area contributed by atoms with Crippen LogP contribution in [0.15, 0.2) is 76.7 Å². The predicted molar refractivity (Wildman–Crippen MR) is 127 cm³/mol. The summed E-state index contributed by atoms with van der Waals surface area (Å²) in [5, 5.41) is 1.29. The van der Waals surface area contributed by atoms with Gasteiger partial charge >= 0.3 is 0 Å². The molecule has 4 aromatic rings. The second-order valence-electron chi connectivity index (χ2n) is 7.40. The van der Waals surface area contributed by atoms with Crippen LogP contribution in [0, 0.1) is 0 Å². The van der Waals surface area contributed by atoms with Crippen molar-refractivity contribution in [3.8, 4) is 16.1 Å².